The molecule has 5 nitrogen and oxygen atoms in total. The molecule has 0 fully saturated rings. The molecule has 1 N–H and O–H groups in total. The molecule has 0 aliphatic heterocycles. The minimum absolute atomic E-state index is 0.180. The Balaban J connectivity index is 2.59. The van der Waals surface area contributed by atoms with E-state index in [0.717, 1.165) is 5.56 Å². The molecule has 1 amide bonds. The fourth-order valence-corrected chi connectivity index (χ4v) is 1.38. The Morgan fingerprint density at radius 3 is 2.44 bits per heavy atom. The van der Waals surface area contributed by atoms with Crippen LogP contribution in [0.5, 0.6) is 0 Å². The molecule has 1 aromatic carbocycles. The molecule has 0 bridgehead atoms. The summed E-state index contributed by atoms with van der Waals surface area (Å²) < 4.78 is 15.0. The zero-order valence-electron chi connectivity index (χ0n) is 10.5. The van der Waals surface area contributed by atoms with Crippen LogP contribution >= 0.6 is 0 Å². The minimum Gasteiger partial charge on any atom is -0.445 e. The van der Waals surface area contributed by atoms with Gasteiger partial charge in [-0.2, -0.15) is 0 Å². The van der Waals surface area contributed by atoms with Gasteiger partial charge in [-0.3, -0.25) is 5.32 Å². The maximum atomic E-state index is 11.3. The molecule has 98 valence electrons. The van der Waals surface area contributed by atoms with Gasteiger partial charge >= 0.3 is 6.09 Å². The standard InChI is InChI=1S/C13H17NO4/c1-4-9-18-13(15)14-11-7-5-10(6-8-11)12(16-2)17-3/h4-8,12H,1,9H2,2-3H3,(H,14,15). The van der Waals surface area contributed by atoms with E-state index >= 15 is 0 Å². The van der Waals surface area contributed by atoms with E-state index in [1.54, 1.807) is 38.5 Å². The average molecular weight is 251 g/mol. The molecule has 0 aromatic heterocycles. The van der Waals surface area contributed by atoms with E-state index in [1.165, 1.54) is 6.08 Å². The van der Waals surface area contributed by atoms with Crippen molar-refractivity contribution < 1.29 is 19.0 Å². The van der Waals surface area contributed by atoms with Gasteiger partial charge in [0.1, 0.15) is 6.61 Å². The molecule has 0 saturated heterocycles. The van der Waals surface area contributed by atoms with Gasteiger partial charge in [-0.15, -0.1) is 0 Å². The summed E-state index contributed by atoms with van der Waals surface area (Å²) in [4.78, 5) is 11.3. The molecular weight excluding hydrogens is 234 g/mol. The Labute approximate surface area is 106 Å². The van der Waals surface area contributed by atoms with Crippen LogP contribution in [0.15, 0.2) is 36.9 Å². The first-order valence-electron chi connectivity index (χ1n) is 5.41. The van der Waals surface area contributed by atoms with Crippen LogP contribution in [0.2, 0.25) is 0 Å². The predicted octanol–water partition coefficient (Wildman–Crippen LogP) is 2.71. The Hall–Kier alpha value is -1.85. The summed E-state index contributed by atoms with van der Waals surface area (Å²) >= 11 is 0. The smallest absolute Gasteiger partial charge is 0.411 e. The second kappa shape index (κ2) is 7.47. The number of anilines is 1. The molecule has 0 aliphatic carbocycles. The highest BCUT2D eigenvalue weighted by Gasteiger charge is 2.08. The summed E-state index contributed by atoms with van der Waals surface area (Å²) in [5, 5.41) is 2.59. The number of carbonyl (C=O) groups excluding carboxylic acids is 1. The molecule has 1 rings (SSSR count). The van der Waals surface area contributed by atoms with Crippen molar-refractivity contribution in [2.24, 2.45) is 0 Å². The number of carbonyl (C=O) groups is 1. The van der Waals surface area contributed by atoms with Gasteiger partial charge in [0, 0.05) is 25.5 Å². The van der Waals surface area contributed by atoms with Crippen molar-refractivity contribution in [3.8, 4) is 0 Å². The third kappa shape index (κ3) is 4.20. The number of ether oxygens (including phenoxy) is 3. The second-order valence-electron chi connectivity index (χ2n) is 3.44. The third-order valence-corrected chi connectivity index (χ3v) is 2.19. The summed E-state index contributed by atoms with van der Waals surface area (Å²) in [6.45, 7) is 3.64. The molecule has 0 aliphatic rings. The number of hydrogen-bond acceptors (Lipinski definition) is 4. The number of amides is 1. The quantitative estimate of drug-likeness (QED) is 0.624. The fourth-order valence-electron chi connectivity index (χ4n) is 1.38. The molecule has 5 heteroatoms. The lowest BCUT2D eigenvalue weighted by Gasteiger charge is -2.14. The maximum Gasteiger partial charge on any atom is 0.411 e. The van der Waals surface area contributed by atoms with Gasteiger partial charge in [0.05, 0.1) is 0 Å². The van der Waals surface area contributed by atoms with Crippen molar-refractivity contribution in [3.05, 3.63) is 42.5 Å². The highest BCUT2D eigenvalue weighted by molar-refractivity contribution is 5.84. The van der Waals surface area contributed by atoms with Crippen molar-refractivity contribution in [1.82, 2.24) is 0 Å². The van der Waals surface area contributed by atoms with Gasteiger partial charge < -0.3 is 14.2 Å². The Morgan fingerprint density at radius 2 is 1.94 bits per heavy atom. The first-order valence-corrected chi connectivity index (χ1v) is 5.41. The molecule has 0 saturated carbocycles. The van der Waals surface area contributed by atoms with E-state index in [2.05, 4.69) is 11.9 Å². The largest absolute Gasteiger partial charge is 0.445 e. The fraction of sp³-hybridized carbons (Fsp3) is 0.308. The molecule has 0 heterocycles. The summed E-state index contributed by atoms with van der Waals surface area (Å²) in [6.07, 6.45) is 0.578. The van der Waals surface area contributed by atoms with Crippen molar-refractivity contribution in [2.75, 3.05) is 26.1 Å². The predicted molar refractivity (Wildman–Crippen MR) is 68.4 cm³/mol. The van der Waals surface area contributed by atoms with Gasteiger partial charge in [-0.05, 0) is 12.1 Å². The highest BCUT2D eigenvalue weighted by atomic mass is 16.7. The topological polar surface area (TPSA) is 56.8 Å². The lowest BCUT2D eigenvalue weighted by atomic mass is 10.2. The van der Waals surface area contributed by atoms with E-state index < -0.39 is 12.4 Å². The van der Waals surface area contributed by atoms with E-state index in [4.69, 9.17) is 14.2 Å². The molecule has 0 spiro atoms. The Bertz CT molecular complexity index is 384. The highest BCUT2D eigenvalue weighted by Crippen LogP contribution is 2.19. The summed E-state index contributed by atoms with van der Waals surface area (Å²) in [7, 11) is 3.12. The van der Waals surface area contributed by atoms with Crippen LogP contribution in [-0.2, 0) is 14.2 Å². The zero-order valence-corrected chi connectivity index (χ0v) is 10.5. The van der Waals surface area contributed by atoms with Gasteiger partial charge in [-0.25, -0.2) is 4.79 Å². The van der Waals surface area contributed by atoms with Crippen LogP contribution in [0.25, 0.3) is 0 Å². The first kappa shape index (κ1) is 14.2. The first-order chi connectivity index (χ1) is 8.71. The number of methoxy groups -OCH3 is 2. The van der Waals surface area contributed by atoms with Gasteiger partial charge in [0.25, 0.3) is 0 Å². The van der Waals surface area contributed by atoms with Crippen LogP contribution in [0, 0.1) is 0 Å². The second-order valence-corrected chi connectivity index (χ2v) is 3.44. The maximum absolute atomic E-state index is 11.3. The Kier molecular flexibility index (Phi) is 5.90. The van der Waals surface area contributed by atoms with Crippen molar-refractivity contribution in [2.45, 2.75) is 6.29 Å². The Morgan fingerprint density at radius 1 is 1.33 bits per heavy atom. The normalized spacial score (nSPS) is 10.2. The van der Waals surface area contributed by atoms with E-state index in [-0.39, 0.29) is 6.61 Å². The third-order valence-electron chi connectivity index (χ3n) is 2.19. The van der Waals surface area contributed by atoms with Crippen LogP contribution in [-0.4, -0.2) is 26.9 Å². The van der Waals surface area contributed by atoms with Gasteiger partial charge in [0.2, 0.25) is 0 Å². The molecule has 0 atom stereocenters. The summed E-state index contributed by atoms with van der Waals surface area (Å²) in [5.74, 6) is 0. The van der Waals surface area contributed by atoms with Crippen LogP contribution < -0.4 is 5.32 Å². The molecule has 18 heavy (non-hydrogen) atoms. The van der Waals surface area contributed by atoms with Crippen molar-refractivity contribution in [1.29, 1.82) is 0 Å². The number of benzene rings is 1. The lowest BCUT2D eigenvalue weighted by Crippen LogP contribution is -2.13. The van der Waals surface area contributed by atoms with Crippen LogP contribution in [0.4, 0.5) is 10.5 Å². The summed E-state index contributed by atoms with van der Waals surface area (Å²) in [5.41, 5.74) is 1.50. The molecular formula is C13H17NO4. The van der Waals surface area contributed by atoms with Gasteiger partial charge in [-0.1, -0.05) is 24.8 Å². The van der Waals surface area contributed by atoms with E-state index in [0.29, 0.717) is 5.69 Å². The summed E-state index contributed by atoms with van der Waals surface area (Å²) in [6, 6.07) is 7.10. The monoisotopic (exact) mass is 251 g/mol. The molecule has 0 radical (unpaired) electrons. The molecule has 1 aromatic rings. The lowest BCUT2D eigenvalue weighted by molar-refractivity contribution is -0.106. The SMILES string of the molecule is C=CCOC(=O)Nc1ccc(C(OC)OC)cc1. The molecule has 0 unspecified atom stereocenters. The zero-order chi connectivity index (χ0) is 13.4. The van der Waals surface area contributed by atoms with E-state index in [1.807, 2.05) is 0 Å². The number of rotatable bonds is 6. The van der Waals surface area contributed by atoms with Gasteiger partial charge in [0.15, 0.2) is 6.29 Å². The van der Waals surface area contributed by atoms with Crippen LogP contribution in [0.3, 0.4) is 0 Å². The van der Waals surface area contributed by atoms with Crippen LogP contribution in [0.1, 0.15) is 11.9 Å². The number of nitrogens with one attached hydrogen (secondary N) is 1. The van der Waals surface area contributed by atoms with Crippen molar-refractivity contribution in [3.63, 3.8) is 0 Å². The average Bonchev–Trinajstić information content (AvgIpc) is 2.40. The van der Waals surface area contributed by atoms with E-state index in [9.17, 15) is 4.79 Å². The van der Waals surface area contributed by atoms with Crippen molar-refractivity contribution >= 4 is 11.8 Å². The minimum atomic E-state index is -0.516. The number of hydrogen-bond donors (Lipinski definition) is 1.